The number of pyridine rings is 1. The SMILES string of the molecule is O=C(NCC1Cc2cc(-c3cnccn3)ccc2O1)C(c1cccnc1)N1CCOCC1. The summed E-state index contributed by atoms with van der Waals surface area (Å²) in [6, 6.07) is 9.46. The zero-order valence-electron chi connectivity index (χ0n) is 17.7. The number of carbonyl (C=O) groups excluding carboxylic acids is 1. The first kappa shape index (κ1) is 20.5. The summed E-state index contributed by atoms with van der Waals surface area (Å²) in [5.41, 5.74) is 3.84. The highest BCUT2D eigenvalue weighted by atomic mass is 16.5. The van der Waals surface area contributed by atoms with Crippen LogP contribution < -0.4 is 10.1 Å². The summed E-state index contributed by atoms with van der Waals surface area (Å²) in [7, 11) is 0. The molecule has 8 heteroatoms. The average molecular weight is 431 g/mol. The number of nitrogens with one attached hydrogen (secondary N) is 1. The number of fused-ring (bicyclic) bond motifs is 1. The van der Waals surface area contributed by atoms with Crippen LogP contribution in [0.4, 0.5) is 0 Å². The van der Waals surface area contributed by atoms with Gasteiger partial charge in [0, 0.05) is 49.9 Å². The van der Waals surface area contributed by atoms with Gasteiger partial charge in [-0.25, -0.2) is 0 Å². The monoisotopic (exact) mass is 431 g/mol. The lowest BCUT2D eigenvalue weighted by molar-refractivity contribution is -0.128. The smallest absolute Gasteiger partial charge is 0.242 e. The van der Waals surface area contributed by atoms with Crippen molar-refractivity contribution in [3.63, 3.8) is 0 Å². The zero-order chi connectivity index (χ0) is 21.8. The Kier molecular flexibility index (Phi) is 6.04. The van der Waals surface area contributed by atoms with Crippen molar-refractivity contribution in [2.24, 2.45) is 0 Å². The van der Waals surface area contributed by atoms with Crippen LogP contribution in [0.5, 0.6) is 5.75 Å². The lowest BCUT2D eigenvalue weighted by Crippen LogP contribution is -2.47. The Balaban J connectivity index is 1.24. The van der Waals surface area contributed by atoms with E-state index in [-0.39, 0.29) is 18.1 Å². The van der Waals surface area contributed by atoms with E-state index in [1.54, 1.807) is 31.0 Å². The van der Waals surface area contributed by atoms with Crippen molar-refractivity contribution < 1.29 is 14.3 Å². The van der Waals surface area contributed by atoms with Crippen LogP contribution in [0.25, 0.3) is 11.3 Å². The summed E-state index contributed by atoms with van der Waals surface area (Å²) in [4.78, 5) is 28.1. The van der Waals surface area contributed by atoms with Crippen LogP contribution in [0.3, 0.4) is 0 Å². The molecule has 5 rings (SSSR count). The number of benzene rings is 1. The first-order valence-electron chi connectivity index (χ1n) is 10.8. The van der Waals surface area contributed by atoms with E-state index in [4.69, 9.17) is 9.47 Å². The molecule has 1 aromatic carbocycles. The van der Waals surface area contributed by atoms with E-state index in [2.05, 4.69) is 31.2 Å². The number of rotatable bonds is 6. The normalized spacial score (nSPS) is 19.1. The van der Waals surface area contributed by atoms with Gasteiger partial charge < -0.3 is 14.8 Å². The molecule has 32 heavy (non-hydrogen) atoms. The lowest BCUT2D eigenvalue weighted by Gasteiger charge is -2.33. The maximum Gasteiger partial charge on any atom is 0.242 e. The minimum absolute atomic E-state index is 0.0419. The molecule has 1 N–H and O–H groups in total. The Morgan fingerprint density at radius 2 is 2.00 bits per heavy atom. The molecule has 0 spiro atoms. The third-order valence-electron chi connectivity index (χ3n) is 5.82. The summed E-state index contributed by atoms with van der Waals surface area (Å²) in [6.45, 7) is 3.11. The van der Waals surface area contributed by atoms with Crippen LogP contribution in [0, 0.1) is 0 Å². The Morgan fingerprint density at radius 1 is 1.12 bits per heavy atom. The number of carbonyl (C=O) groups is 1. The first-order valence-corrected chi connectivity index (χ1v) is 10.8. The van der Waals surface area contributed by atoms with Crippen molar-refractivity contribution in [1.29, 1.82) is 0 Å². The molecule has 0 saturated carbocycles. The van der Waals surface area contributed by atoms with Crippen LogP contribution in [0.1, 0.15) is 17.2 Å². The zero-order valence-corrected chi connectivity index (χ0v) is 17.7. The topological polar surface area (TPSA) is 89.5 Å². The second-order valence-electron chi connectivity index (χ2n) is 7.94. The van der Waals surface area contributed by atoms with Crippen molar-refractivity contribution >= 4 is 5.91 Å². The number of aromatic nitrogens is 3. The maximum atomic E-state index is 13.2. The van der Waals surface area contributed by atoms with Gasteiger partial charge in [-0.3, -0.25) is 24.6 Å². The highest BCUT2D eigenvalue weighted by Gasteiger charge is 2.31. The molecule has 1 saturated heterocycles. The number of amides is 1. The summed E-state index contributed by atoms with van der Waals surface area (Å²) >= 11 is 0. The van der Waals surface area contributed by atoms with Gasteiger partial charge >= 0.3 is 0 Å². The van der Waals surface area contributed by atoms with Gasteiger partial charge in [0.1, 0.15) is 17.9 Å². The molecule has 0 bridgehead atoms. The number of hydrogen-bond donors (Lipinski definition) is 1. The Morgan fingerprint density at radius 3 is 2.78 bits per heavy atom. The highest BCUT2D eigenvalue weighted by molar-refractivity contribution is 5.83. The van der Waals surface area contributed by atoms with Gasteiger partial charge in [0.15, 0.2) is 0 Å². The number of morpholine rings is 1. The van der Waals surface area contributed by atoms with Crippen LogP contribution in [0.15, 0.2) is 61.3 Å². The van der Waals surface area contributed by atoms with Crippen molar-refractivity contribution in [2.45, 2.75) is 18.6 Å². The molecular formula is C24H25N5O3. The lowest BCUT2D eigenvalue weighted by atomic mass is 10.0. The molecule has 0 radical (unpaired) electrons. The molecular weight excluding hydrogens is 406 g/mol. The molecule has 2 aliphatic rings. The van der Waals surface area contributed by atoms with Gasteiger partial charge in [0.05, 0.1) is 31.6 Å². The quantitative estimate of drug-likeness (QED) is 0.639. The van der Waals surface area contributed by atoms with Crippen LogP contribution in [-0.2, 0) is 16.0 Å². The third-order valence-corrected chi connectivity index (χ3v) is 5.82. The second kappa shape index (κ2) is 9.42. The fourth-order valence-corrected chi connectivity index (χ4v) is 4.25. The molecule has 4 heterocycles. The van der Waals surface area contributed by atoms with Crippen molar-refractivity contribution in [3.8, 4) is 17.0 Å². The fourth-order valence-electron chi connectivity index (χ4n) is 4.25. The van der Waals surface area contributed by atoms with Gasteiger partial charge in [-0.05, 0) is 35.4 Å². The van der Waals surface area contributed by atoms with Gasteiger partial charge in [-0.1, -0.05) is 6.07 Å². The molecule has 164 valence electrons. The minimum Gasteiger partial charge on any atom is -0.488 e. The fraction of sp³-hybridized carbons (Fsp3) is 0.333. The Hall–Kier alpha value is -3.36. The van der Waals surface area contributed by atoms with E-state index < -0.39 is 0 Å². The molecule has 2 aliphatic heterocycles. The summed E-state index contributed by atoms with van der Waals surface area (Å²) in [5, 5.41) is 3.11. The van der Waals surface area contributed by atoms with Crippen molar-refractivity contribution in [2.75, 3.05) is 32.8 Å². The third kappa shape index (κ3) is 4.46. The van der Waals surface area contributed by atoms with E-state index in [1.807, 2.05) is 24.3 Å². The molecule has 3 aromatic rings. The molecule has 1 fully saturated rings. The average Bonchev–Trinajstić information content (AvgIpc) is 3.27. The maximum absolute atomic E-state index is 13.2. The largest absolute Gasteiger partial charge is 0.488 e. The minimum atomic E-state index is -0.389. The van der Waals surface area contributed by atoms with Gasteiger partial charge in [0.2, 0.25) is 5.91 Å². The Bertz CT molecular complexity index is 1060. The predicted octanol–water partition coefficient (Wildman–Crippen LogP) is 2.03. The number of nitrogens with zero attached hydrogens (tertiary/aromatic N) is 4. The Labute approximate surface area is 186 Å². The van der Waals surface area contributed by atoms with E-state index in [9.17, 15) is 4.79 Å². The van der Waals surface area contributed by atoms with Crippen LogP contribution in [-0.4, -0.2) is 64.7 Å². The number of hydrogen-bond acceptors (Lipinski definition) is 7. The molecule has 2 atom stereocenters. The van der Waals surface area contributed by atoms with Crippen molar-refractivity contribution in [3.05, 3.63) is 72.4 Å². The summed E-state index contributed by atoms with van der Waals surface area (Å²) < 4.78 is 11.5. The standard InChI is InChI=1S/C24H25N5O3/c30-24(23(18-2-1-5-25-14-18)29-8-10-31-11-9-29)28-15-20-13-19-12-17(3-4-22(19)32-20)21-16-26-6-7-27-21/h1-7,12,14,16,20,23H,8-11,13,15H2,(H,28,30). The first-order chi connectivity index (χ1) is 15.8. The van der Waals surface area contributed by atoms with E-state index >= 15 is 0 Å². The molecule has 2 aromatic heterocycles. The van der Waals surface area contributed by atoms with E-state index in [0.29, 0.717) is 32.8 Å². The molecule has 0 aliphatic carbocycles. The van der Waals surface area contributed by atoms with E-state index in [0.717, 1.165) is 34.6 Å². The van der Waals surface area contributed by atoms with Crippen molar-refractivity contribution in [1.82, 2.24) is 25.2 Å². The summed E-state index contributed by atoms with van der Waals surface area (Å²) in [5.74, 6) is 0.814. The number of ether oxygens (including phenoxy) is 2. The predicted molar refractivity (Wildman–Crippen MR) is 118 cm³/mol. The van der Waals surface area contributed by atoms with Crippen LogP contribution >= 0.6 is 0 Å². The summed E-state index contributed by atoms with van der Waals surface area (Å²) in [6.07, 6.45) is 9.20. The van der Waals surface area contributed by atoms with Gasteiger partial charge in [-0.2, -0.15) is 0 Å². The van der Waals surface area contributed by atoms with Gasteiger partial charge in [0.25, 0.3) is 0 Å². The molecule has 1 amide bonds. The van der Waals surface area contributed by atoms with Crippen LogP contribution in [0.2, 0.25) is 0 Å². The van der Waals surface area contributed by atoms with E-state index in [1.165, 1.54) is 0 Å². The molecule has 8 nitrogen and oxygen atoms in total. The second-order valence-corrected chi connectivity index (χ2v) is 7.94. The van der Waals surface area contributed by atoms with Gasteiger partial charge in [-0.15, -0.1) is 0 Å². The highest BCUT2D eigenvalue weighted by Crippen LogP contribution is 2.32. The molecule has 2 unspecified atom stereocenters.